The van der Waals surface area contributed by atoms with Crippen molar-refractivity contribution < 1.29 is 18.0 Å². The number of sulfone groups is 1. The highest BCUT2D eigenvalue weighted by Crippen LogP contribution is 2.29. The van der Waals surface area contributed by atoms with Crippen LogP contribution in [0.1, 0.15) is 12.8 Å². The van der Waals surface area contributed by atoms with Gasteiger partial charge in [0, 0.05) is 24.0 Å². The molecule has 2 fully saturated rings. The molecule has 2 heterocycles. The van der Waals surface area contributed by atoms with Crippen molar-refractivity contribution in [1.82, 2.24) is 4.90 Å². The maximum absolute atomic E-state index is 12.4. The van der Waals surface area contributed by atoms with Crippen molar-refractivity contribution in [1.29, 1.82) is 0 Å². The van der Waals surface area contributed by atoms with Gasteiger partial charge in [-0.2, -0.15) is 0 Å². The minimum Gasteiger partial charge on any atom is -0.338 e. The Hall–Kier alpha value is -1.31. The monoisotopic (exact) mass is 390 g/mol. The van der Waals surface area contributed by atoms with E-state index in [1.54, 1.807) is 18.2 Å². The molecule has 0 bridgehead atoms. The Morgan fingerprint density at radius 3 is 2.71 bits per heavy atom. The molecule has 2 amide bonds. The first kappa shape index (κ1) is 17.5. The van der Waals surface area contributed by atoms with Gasteiger partial charge in [-0.05, 0) is 24.6 Å². The minimum atomic E-state index is -3.08. The number of rotatable bonds is 3. The predicted octanol–water partition coefficient (Wildman–Crippen LogP) is 1.97. The largest absolute Gasteiger partial charge is 0.338 e. The third-order valence-electron chi connectivity index (χ3n) is 4.36. The molecule has 2 atom stereocenters. The molecule has 2 unspecified atom stereocenters. The predicted molar refractivity (Wildman–Crippen MR) is 92.0 cm³/mol. The molecule has 1 aromatic carbocycles. The van der Waals surface area contributed by atoms with E-state index in [1.165, 1.54) is 4.90 Å². The van der Waals surface area contributed by atoms with E-state index in [0.29, 0.717) is 22.2 Å². The number of nitrogens with zero attached hydrogens (tertiary/aromatic N) is 1. The van der Waals surface area contributed by atoms with Crippen LogP contribution in [-0.4, -0.2) is 49.2 Å². The van der Waals surface area contributed by atoms with Crippen molar-refractivity contribution in [2.75, 3.05) is 23.4 Å². The molecule has 24 heavy (non-hydrogen) atoms. The summed E-state index contributed by atoms with van der Waals surface area (Å²) >= 11 is 11.9. The summed E-state index contributed by atoms with van der Waals surface area (Å²) in [6, 6.07) is 4.41. The van der Waals surface area contributed by atoms with Gasteiger partial charge >= 0.3 is 0 Å². The summed E-state index contributed by atoms with van der Waals surface area (Å²) in [6.45, 7) is 0.225. The molecule has 130 valence electrons. The number of likely N-dealkylation sites (tertiary alicyclic amines) is 1. The van der Waals surface area contributed by atoms with Gasteiger partial charge in [-0.25, -0.2) is 8.42 Å². The van der Waals surface area contributed by atoms with Crippen LogP contribution in [0.3, 0.4) is 0 Å². The maximum atomic E-state index is 12.4. The van der Waals surface area contributed by atoms with Crippen molar-refractivity contribution in [2.45, 2.75) is 18.9 Å². The molecule has 0 aliphatic carbocycles. The van der Waals surface area contributed by atoms with Gasteiger partial charge in [0.2, 0.25) is 11.8 Å². The highest BCUT2D eigenvalue weighted by Gasteiger charge is 2.41. The average Bonchev–Trinajstić information content (AvgIpc) is 3.05. The Bertz CT molecular complexity index is 797. The summed E-state index contributed by atoms with van der Waals surface area (Å²) in [7, 11) is -3.08. The van der Waals surface area contributed by atoms with Crippen LogP contribution in [0.15, 0.2) is 18.2 Å². The third-order valence-corrected chi connectivity index (χ3v) is 6.68. The van der Waals surface area contributed by atoms with Crippen LogP contribution in [0.4, 0.5) is 5.69 Å². The molecule has 1 N–H and O–H groups in total. The van der Waals surface area contributed by atoms with E-state index < -0.39 is 15.8 Å². The van der Waals surface area contributed by atoms with Crippen molar-refractivity contribution in [3.05, 3.63) is 28.2 Å². The molecular formula is C15H16Cl2N2O4S. The zero-order valence-electron chi connectivity index (χ0n) is 12.7. The Kier molecular flexibility index (Phi) is 4.77. The summed E-state index contributed by atoms with van der Waals surface area (Å²) in [5.74, 6) is -0.968. The number of carbonyl (C=O) groups is 2. The van der Waals surface area contributed by atoms with Gasteiger partial charge in [0.25, 0.3) is 0 Å². The lowest BCUT2D eigenvalue weighted by Gasteiger charge is -2.23. The number of hydrogen-bond acceptors (Lipinski definition) is 4. The quantitative estimate of drug-likeness (QED) is 0.854. The summed E-state index contributed by atoms with van der Waals surface area (Å²) in [5.41, 5.74) is 0.392. The first-order valence-corrected chi connectivity index (χ1v) is 10.1. The number of hydrogen-bond donors (Lipinski definition) is 1. The summed E-state index contributed by atoms with van der Waals surface area (Å²) in [5, 5.41) is 3.49. The molecule has 3 rings (SSSR count). The lowest BCUT2D eigenvalue weighted by molar-refractivity contribution is -0.129. The van der Waals surface area contributed by atoms with Gasteiger partial charge in [0.15, 0.2) is 9.84 Å². The van der Waals surface area contributed by atoms with E-state index in [4.69, 9.17) is 23.2 Å². The van der Waals surface area contributed by atoms with E-state index in [9.17, 15) is 18.0 Å². The number of carbonyl (C=O) groups excluding carboxylic acids is 2. The first-order chi connectivity index (χ1) is 11.2. The highest BCUT2D eigenvalue weighted by molar-refractivity contribution is 7.91. The van der Waals surface area contributed by atoms with Crippen LogP contribution >= 0.6 is 23.2 Å². The Balaban J connectivity index is 1.67. The molecule has 0 aromatic heterocycles. The minimum absolute atomic E-state index is 0.0206. The van der Waals surface area contributed by atoms with Gasteiger partial charge in [0.05, 0.1) is 28.1 Å². The van der Waals surface area contributed by atoms with Crippen LogP contribution in [0.2, 0.25) is 10.0 Å². The number of halogens is 2. The molecule has 0 saturated carbocycles. The Morgan fingerprint density at radius 2 is 2.04 bits per heavy atom. The highest BCUT2D eigenvalue weighted by atomic mass is 35.5. The van der Waals surface area contributed by atoms with Gasteiger partial charge in [-0.3, -0.25) is 9.59 Å². The molecule has 0 radical (unpaired) electrons. The molecule has 2 aliphatic rings. The van der Waals surface area contributed by atoms with Gasteiger partial charge in [-0.15, -0.1) is 0 Å². The summed E-state index contributed by atoms with van der Waals surface area (Å²) < 4.78 is 23.2. The fraction of sp³-hybridized carbons (Fsp3) is 0.467. The van der Waals surface area contributed by atoms with E-state index in [0.717, 1.165) is 0 Å². The number of benzene rings is 1. The SMILES string of the molecule is O=C(Nc1cc(Cl)ccc1Cl)C1CC(=O)N(C2CCS(=O)(=O)C2)C1. The third kappa shape index (κ3) is 3.68. The van der Waals surface area contributed by atoms with Crippen LogP contribution in [0.25, 0.3) is 0 Å². The van der Waals surface area contributed by atoms with Crippen molar-refractivity contribution >= 4 is 50.5 Å². The lowest BCUT2D eigenvalue weighted by atomic mass is 10.1. The smallest absolute Gasteiger partial charge is 0.229 e. The van der Waals surface area contributed by atoms with Crippen LogP contribution < -0.4 is 5.32 Å². The van der Waals surface area contributed by atoms with E-state index in [1.807, 2.05) is 0 Å². The number of nitrogens with one attached hydrogen (secondary N) is 1. The Morgan fingerprint density at radius 1 is 1.29 bits per heavy atom. The van der Waals surface area contributed by atoms with Crippen LogP contribution in [-0.2, 0) is 19.4 Å². The molecule has 1 aromatic rings. The molecule has 2 aliphatic heterocycles. The number of anilines is 1. The van der Waals surface area contributed by atoms with Crippen molar-refractivity contribution in [3.8, 4) is 0 Å². The Labute approximate surface area is 150 Å². The second-order valence-corrected chi connectivity index (χ2v) is 9.19. The average molecular weight is 391 g/mol. The second kappa shape index (κ2) is 6.54. The molecule has 9 heteroatoms. The lowest BCUT2D eigenvalue weighted by Crippen LogP contribution is -2.38. The fourth-order valence-corrected chi connectivity index (χ4v) is 5.18. The zero-order valence-corrected chi connectivity index (χ0v) is 15.0. The van der Waals surface area contributed by atoms with Crippen LogP contribution in [0, 0.1) is 5.92 Å². The molecule has 0 spiro atoms. The standard InChI is InChI=1S/C15H16Cl2N2O4S/c16-10-1-2-12(17)13(6-10)18-15(21)9-5-14(20)19(7-9)11-3-4-24(22,23)8-11/h1-2,6,9,11H,3-5,7-8H2,(H,18,21). The summed E-state index contributed by atoms with van der Waals surface area (Å²) in [6.07, 6.45) is 0.503. The zero-order chi connectivity index (χ0) is 17.5. The topological polar surface area (TPSA) is 83.6 Å². The van der Waals surface area contributed by atoms with Gasteiger partial charge in [-0.1, -0.05) is 23.2 Å². The van der Waals surface area contributed by atoms with E-state index >= 15 is 0 Å². The van der Waals surface area contributed by atoms with Gasteiger partial charge < -0.3 is 10.2 Å². The normalized spacial score (nSPS) is 25.9. The van der Waals surface area contributed by atoms with E-state index in [-0.39, 0.29) is 42.3 Å². The molecule has 6 nitrogen and oxygen atoms in total. The maximum Gasteiger partial charge on any atom is 0.229 e. The first-order valence-electron chi connectivity index (χ1n) is 7.51. The van der Waals surface area contributed by atoms with E-state index in [2.05, 4.69) is 5.32 Å². The van der Waals surface area contributed by atoms with Crippen LogP contribution in [0.5, 0.6) is 0 Å². The summed E-state index contributed by atoms with van der Waals surface area (Å²) in [4.78, 5) is 26.1. The van der Waals surface area contributed by atoms with Gasteiger partial charge in [0.1, 0.15) is 0 Å². The number of amides is 2. The molecular weight excluding hydrogens is 375 g/mol. The van der Waals surface area contributed by atoms with Crippen molar-refractivity contribution in [3.63, 3.8) is 0 Å². The fourth-order valence-electron chi connectivity index (χ4n) is 3.11. The second-order valence-electron chi connectivity index (χ2n) is 6.12. The van der Waals surface area contributed by atoms with Crippen molar-refractivity contribution in [2.24, 2.45) is 5.92 Å². The molecule has 2 saturated heterocycles.